The number of hydrogen-bond donors (Lipinski definition) is 1. The normalized spacial score (nSPS) is 31.0. The van der Waals surface area contributed by atoms with Crippen molar-refractivity contribution in [3.8, 4) is 0 Å². The fourth-order valence-electron chi connectivity index (χ4n) is 1.30. The first-order valence-corrected chi connectivity index (χ1v) is 3.66. The number of rotatable bonds is 1. The fourth-order valence-corrected chi connectivity index (χ4v) is 1.30. The van der Waals surface area contributed by atoms with E-state index in [1.54, 1.807) is 12.5 Å². The molecule has 0 amide bonds. The highest BCUT2D eigenvalue weighted by Crippen LogP contribution is 2.20. The average Bonchev–Trinajstić information content (AvgIpc) is 2.55. The molecule has 4 heteroatoms. The van der Waals surface area contributed by atoms with Gasteiger partial charge in [0.2, 0.25) is 0 Å². The summed E-state index contributed by atoms with van der Waals surface area (Å²) in [6.45, 7) is 1.33. The third kappa shape index (κ3) is 1.04. The lowest BCUT2D eigenvalue weighted by atomic mass is 10.1. The van der Waals surface area contributed by atoms with E-state index in [0.717, 1.165) is 13.0 Å². The van der Waals surface area contributed by atoms with Crippen molar-refractivity contribution in [2.45, 2.75) is 12.1 Å². The van der Waals surface area contributed by atoms with E-state index < -0.39 is 0 Å². The SMILES string of the molecule is N[C@]1(n2ccnc2)CCOC1. The monoisotopic (exact) mass is 153 g/mol. The molecule has 1 atom stereocenters. The zero-order valence-corrected chi connectivity index (χ0v) is 6.23. The predicted octanol–water partition coefficient (Wildman–Crippen LogP) is -0.0851. The second-order valence-electron chi connectivity index (χ2n) is 2.88. The van der Waals surface area contributed by atoms with Gasteiger partial charge in [0.05, 0.1) is 19.5 Å². The van der Waals surface area contributed by atoms with Gasteiger partial charge in [0.15, 0.2) is 0 Å². The zero-order valence-electron chi connectivity index (χ0n) is 6.23. The van der Waals surface area contributed by atoms with Crippen LogP contribution in [0.4, 0.5) is 0 Å². The number of nitrogens with zero attached hydrogens (tertiary/aromatic N) is 2. The molecule has 4 nitrogen and oxygen atoms in total. The maximum Gasteiger partial charge on any atom is 0.119 e. The summed E-state index contributed by atoms with van der Waals surface area (Å²) in [4.78, 5) is 3.94. The molecule has 60 valence electrons. The summed E-state index contributed by atoms with van der Waals surface area (Å²) in [6, 6.07) is 0. The van der Waals surface area contributed by atoms with Gasteiger partial charge in [-0.1, -0.05) is 0 Å². The molecule has 2 N–H and O–H groups in total. The summed E-state index contributed by atoms with van der Waals surface area (Å²) >= 11 is 0. The topological polar surface area (TPSA) is 53.1 Å². The number of ether oxygens (including phenoxy) is 1. The summed E-state index contributed by atoms with van der Waals surface area (Å²) < 4.78 is 7.11. The summed E-state index contributed by atoms with van der Waals surface area (Å²) in [7, 11) is 0. The molecule has 0 radical (unpaired) electrons. The van der Waals surface area contributed by atoms with Crippen molar-refractivity contribution in [1.82, 2.24) is 9.55 Å². The molecule has 0 saturated carbocycles. The molecule has 1 aliphatic rings. The number of hydrogen-bond acceptors (Lipinski definition) is 3. The second-order valence-corrected chi connectivity index (χ2v) is 2.88. The summed E-state index contributed by atoms with van der Waals surface area (Å²) in [6.07, 6.45) is 6.19. The Morgan fingerprint density at radius 2 is 2.55 bits per heavy atom. The van der Waals surface area contributed by atoms with Crippen LogP contribution in [0.25, 0.3) is 0 Å². The van der Waals surface area contributed by atoms with Crippen LogP contribution in [0, 0.1) is 0 Å². The van der Waals surface area contributed by atoms with Crippen molar-refractivity contribution < 1.29 is 4.74 Å². The number of imidazole rings is 1. The molecule has 0 aromatic carbocycles. The van der Waals surface area contributed by atoms with Gasteiger partial charge < -0.3 is 15.0 Å². The Hall–Kier alpha value is -0.870. The molecular weight excluding hydrogens is 142 g/mol. The lowest BCUT2D eigenvalue weighted by molar-refractivity contribution is 0.156. The van der Waals surface area contributed by atoms with E-state index in [2.05, 4.69) is 4.98 Å². The average molecular weight is 153 g/mol. The highest BCUT2D eigenvalue weighted by atomic mass is 16.5. The van der Waals surface area contributed by atoms with E-state index in [1.807, 2.05) is 10.8 Å². The van der Waals surface area contributed by atoms with E-state index in [9.17, 15) is 0 Å². The van der Waals surface area contributed by atoms with Crippen molar-refractivity contribution in [2.75, 3.05) is 13.2 Å². The van der Waals surface area contributed by atoms with E-state index >= 15 is 0 Å². The molecule has 1 saturated heterocycles. The lowest BCUT2D eigenvalue weighted by Gasteiger charge is -2.22. The summed E-state index contributed by atoms with van der Waals surface area (Å²) in [5.41, 5.74) is 5.67. The van der Waals surface area contributed by atoms with Gasteiger partial charge in [-0.25, -0.2) is 4.98 Å². The molecule has 1 aliphatic heterocycles. The van der Waals surface area contributed by atoms with Crippen LogP contribution in [-0.4, -0.2) is 22.8 Å². The van der Waals surface area contributed by atoms with E-state index in [-0.39, 0.29) is 5.66 Å². The van der Waals surface area contributed by atoms with Crippen LogP contribution in [0.2, 0.25) is 0 Å². The minimum absolute atomic E-state index is 0.351. The molecule has 0 bridgehead atoms. The number of aromatic nitrogens is 2. The maximum absolute atomic E-state index is 6.02. The standard InChI is InChI=1S/C7H11N3O/c8-7(1-4-11-5-7)10-3-2-9-6-10/h2-3,6H,1,4-5,8H2/t7-/m0/s1. The largest absolute Gasteiger partial charge is 0.377 e. The molecule has 1 aromatic heterocycles. The lowest BCUT2D eigenvalue weighted by Crippen LogP contribution is -2.42. The molecule has 1 fully saturated rings. The fraction of sp³-hybridized carbons (Fsp3) is 0.571. The van der Waals surface area contributed by atoms with Gasteiger partial charge in [-0.2, -0.15) is 0 Å². The highest BCUT2D eigenvalue weighted by Gasteiger charge is 2.31. The van der Waals surface area contributed by atoms with Crippen molar-refractivity contribution in [3.63, 3.8) is 0 Å². The van der Waals surface area contributed by atoms with Gasteiger partial charge >= 0.3 is 0 Å². The van der Waals surface area contributed by atoms with E-state index in [1.165, 1.54) is 0 Å². The molecule has 2 rings (SSSR count). The Bertz CT molecular complexity index is 226. The third-order valence-electron chi connectivity index (χ3n) is 2.05. The summed E-state index contributed by atoms with van der Waals surface area (Å²) in [5.74, 6) is 0. The molecule has 0 spiro atoms. The van der Waals surface area contributed by atoms with Gasteiger partial charge in [-0.15, -0.1) is 0 Å². The van der Waals surface area contributed by atoms with Crippen molar-refractivity contribution in [2.24, 2.45) is 5.73 Å². The van der Waals surface area contributed by atoms with Crippen molar-refractivity contribution >= 4 is 0 Å². The van der Waals surface area contributed by atoms with Crippen molar-refractivity contribution in [3.05, 3.63) is 18.7 Å². The second kappa shape index (κ2) is 2.32. The Morgan fingerprint density at radius 1 is 1.64 bits per heavy atom. The molecule has 0 aliphatic carbocycles. The summed E-state index contributed by atoms with van der Waals surface area (Å²) in [5, 5.41) is 0. The Labute approximate surface area is 65.0 Å². The first-order valence-electron chi connectivity index (χ1n) is 3.66. The van der Waals surface area contributed by atoms with Crippen LogP contribution in [0.15, 0.2) is 18.7 Å². The Morgan fingerprint density at radius 3 is 3.09 bits per heavy atom. The Balaban J connectivity index is 2.27. The first-order chi connectivity index (χ1) is 5.31. The quantitative estimate of drug-likeness (QED) is 0.613. The molecule has 2 heterocycles. The third-order valence-corrected chi connectivity index (χ3v) is 2.05. The highest BCUT2D eigenvalue weighted by molar-refractivity contribution is 4.90. The number of nitrogens with two attached hydrogens (primary N) is 1. The van der Waals surface area contributed by atoms with Gasteiger partial charge in [-0.3, -0.25) is 0 Å². The first kappa shape index (κ1) is 6.82. The van der Waals surface area contributed by atoms with E-state index in [4.69, 9.17) is 10.5 Å². The minimum Gasteiger partial charge on any atom is -0.377 e. The van der Waals surface area contributed by atoms with Crippen LogP contribution in [0.3, 0.4) is 0 Å². The molecule has 11 heavy (non-hydrogen) atoms. The van der Waals surface area contributed by atoms with Gasteiger partial charge in [0.1, 0.15) is 5.66 Å². The van der Waals surface area contributed by atoms with Crippen LogP contribution in [0.5, 0.6) is 0 Å². The van der Waals surface area contributed by atoms with E-state index in [0.29, 0.717) is 6.61 Å². The van der Waals surface area contributed by atoms with Crippen LogP contribution < -0.4 is 5.73 Å². The van der Waals surface area contributed by atoms with Crippen LogP contribution in [0.1, 0.15) is 6.42 Å². The molecule has 1 aromatic rings. The minimum atomic E-state index is -0.351. The van der Waals surface area contributed by atoms with Crippen LogP contribution in [-0.2, 0) is 10.4 Å². The zero-order chi connectivity index (χ0) is 7.73. The predicted molar refractivity (Wildman–Crippen MR) is 39.8 cm³/mol. The van der Waals surface area contributed by atoms with Gasteiger partial charge in [-0.05, 0) is 0 Å². The Kier molecular flexibility index (Phi) is 1.44. The van der Waals surface area contributed by atoms with Gasteiger partial charge in [0.25, 0.3) is 0 Å². The van der Waals surface area contributed by atoms with Crippen LogP contribution >= 0.6 is 0 Å². The smallest absolute Gasteiger partial charge is 0.119 e. The van der Waals surface area contributed by atoms with Crippen molar-refractivity contribution in [1.29, 1.82) is 0 Å². The molecular formula is C7H11N3O. The molecule has 0 unspecified atom stereocenters. The maximum atomic E-state index is 6.02. The van der Waals surface area contributed by atoms with Gasteiger partial charge in [0, 0.05) is 18.8 Å².